The highest BCUT2D eigenvalue weighted by Gasteiger charge is 2.30. The predicted molar refractivity (Wildman–Crippen MR) is 102 cm³/mol. The number of carbonyl (C=O) groups is 2. The van der Waals surface area contributed by atoms with E-state index in [1.807, 2.05) is 47.4 Å². The van der Waals surface area contributed by atoms with Gasteiger partial charge in [0.1, 0.15) is 5.71 Å². The molecule has 0 fully saturated rings. The lowest BCUT2D eigenvalue weighted by molar-refractivity contribution is -0.118. The van der Waals surface area contributed by atoms with Crippen LogP contribution in [0, 0.1) is 6.92 Å². The monoisotopic (exact) mass is 347 g/mol. The van der Waals surface area contributed by atoms with E-state index in [-0.39, 0.29) is 11.8 Å². The van der Waals surface area contributed by atoms with Gasteiger partial charge in [-0.3, -0.25) is 9.59 Å². The maximum Gasteiger partial charge on any atom is 0.274 e. The molecule has 0 radical (unpaired) electrons. The Morgan fingerprint density at radius 3 is 2.65 bits per heavy atom. The Labute approximate surface area is 152 Å². The van der Waals surface area contributed by atoms with Crippen molar-refractivity contribution in [1.29, 1.82) is 0 Å². The molecule has 2 amide bonds. The summed E-state index contributed by atoms with van der Waals surface area (Å²) < 4.78 is 0. The average Bonchev–Trinajstić information content (AvgIpc) is 2.68. The van der Waals surface area contributed by atoms with E-state index in [9.17, 15) is 9.59 Å². The topological polar surface area (TPSA) is 53.0 Å². The molecule has 5 heteroatoms. The molecule has 0 N–H and O–H groups in total. The smallest absolute Gasteiger partial charge is 0.274 e. The third kappa shape index (κ3) is 3.01. The summed E-state index contributed by atoms with van der Waals surface area (Å²) >= 11 is 0. The average molecular weight is 347 g/mol. The number of hydrogen-bond donors (Lipinski definition) is 0. The van der Waals surface area contributed by atoms with Gasteiger partial charge in [-0.25, -0.2) is 5.01 Å². The molecule has 0 spiro atoms. The predicted octanol–water partition coefficient (Wildman–Crippen LogP) is 3.46. The molecular formula is C21H21N3O2. The lowest BCUT2D eigenvalue weighted by Gasteiger charge is -2.31. The van der Waals surface area contributed by atoms with Gasteiger partial charge in [0.25, 0.3) is 5.91 Å². The first-order valence-corrected chi connectivity index (χ1v) is 9.00. The fourth-order valence-corrected chi connectivity index (χ4v) is 3.57. The van der Waals surface area contributed by atoms with Crippen LogP contribution in [-0.4, -0.2) is 24.1 Å². The molecule has 132 valence electrons. The quantitative estimate of drug-likeness (QED) is 0.835. The second-order valence-electron chi connectivity index (χ2n) is 6.78. The standard InChI is InChI=1S/C21H21N3O2/c1-15-9-11-19-16(14-15)6-5-13-23(19)21(26)18-10-12-20(25)24(22-18)17-7-3-2-4-8-17/h2-4,7-9,11,14H,5-6,10,12-13H2,1H3. The highest BCUT2D eigenvalue weighted by Crippen LogP contribution is 2.29. The zero-order chi connectivity index (χ0) is 18.1. The van der Waals surface area contributed by atoms with Gasteiger partial charge >= 0.3 is 0 Å². The van der Waals surface area contributed by atoms with Gasteiger partial charge in [-0.15, -0.1) is 0 Å². The summed E-state index contributed by atoms with van der Waals surface area (Å²) in [5.41, 5.74) is 4.52. The molecule has 2 aromatic carbocycles. The maximum atomic E-state index is 13.1. The van der Waals surface area contributed by atoms with Gasteiger partial charge in [-0.1, -0.05) is 35.9 Å². The Morgan fingerprint density at radius 1 is 1.04 bits per heavy atom. The number of rotatable bonds is 2. The minimum absolute atomic E-state index is 0.0811. The van der Waals surface area contributed by atoms with Gasteiger partial charge in [0.15, 0.2) is 0 Å². The van der Waals surface area contributed by atoms with Crippen LogP contribution >= 0.6 is 0 Å². The van der Waals surface area contributed by atoms with Crippen molar-refractivity contribution in [2.75, 3.05) is 16.5 Å². The zero-order valence-electron chi connectivity index (χ0n) is 14.8. The number of para-hydroxylation sites is 1. The number of amides is 2. The van der Waals surface area contributed by atoms with Crippen molar-refractivity contribution < 1.29 is 9.59 Å². The normalized spacial score (nSPS) is 17.0. The molecule has 2 aromatic rings. The summed E-state index contributed by atoms with van der Waals surface area (Å²) in [4.78, 5) is 27.2. The number of aryl methyl sites for hydroxylation is 2. The first kappa shape index (κ1) is 16.5. The van der Waals surface area contributed by atoms with Crippen molar-refractivity contribution in [3.63, 3.8) is 0 Å². The fourth-order valence-electron chi connectivity index (χ4n) is 3.57. The van der Waals surface area contributed by atoms with Crippen molar-refractivity contribution in [1.82, 2.24) is 0 Å². The third-order valence-electron chi connectivity index (χ3n) is 4.88. The van der Waals surface area contributed by atoms with Gasteiger partial charge in [0.2, 0.25) is 5.91 Å². The number of fused-ring (bicyclic) bond motifs is 1. The summed E-state index contributed by atoms with van der Waals surface area (Å²) in [5.74, 6) is -0.175. The van der Waals surface area contributed by atoms with Gasteiger partial charge < -0.3 is 4.90 Å². The Hall–Kier alpha value is -2.95. The van der Waals surface area contributed by atoms with E-state index in [0.29, 0.717) is 30.8 Å². The van der Waals surface area contributed by atoms with Crippen LogP contribution in [0.4, 0.5) is 11.4 Å². The first-order valence-electron chi connectivity index (χ1n) is 9.00. The number of benzene rings is 2. The molecule has 2 aliphatic heterocycles. The van der Waals surface area contributed by atoms with Crippen molar-refractivity contribution >= 4 is 28.9 Å². The lowest BCUT2D eigenvalue weighted by Crippen LogP contribution is -2.43. The van der Waals surface area contributed by atoms with E-state index >= 15 is 0 Å². The summed E-state index contributed by atoms with van der Waals surface area (Å²) in [5, 5.41) is 5.77. The summed E-state index contributed by atoms with van der Waals surface area (Å²) in [7, 11) is 0. The molecule has 0 saturated heterocycles. The van der Waals surface area contributed by atoms with Crippen LogP contribution in [0.1, 0.15) is 30.4 Å². The second kappa shape index (κ2) is 6.75. The number of hydrogen-bond acceptors (Lipinski definition) is 3. The minimum atomic E-state index is -0.0942. The Morgan fingerprint density at radius 2 is 1.85 bits per heavy atom. The van der Waals surface area contributed by atoms with Gasteiger partial charge in [0.05, 0.1) is 5.69 Å². The van der Waals surface area contributed by atoms with E-state index in [1.54, 1.807) is 0 Å². The van der Waals surface area contributed by atoms with Gasteiger partial charge in [-0.05, 0) is 43.5 Å². The molecule has 4 rings (SSSR count). The van der Waals surface area contributed by atoms with E-state index in [2.05, 4.69) is 18.1 Å². The highest BCUT2D eigenvalue weighted by molar-refractivity contribution is 6.44. The molecule has 26 heavy (non-hydrogen) atoms. The molecule has 2 heterocycles. The molecule has 5 nitrogen and oxygen atoms in total. The van der Waals surface area contributed by atoms with Crippen molar-refractivity contribution in [2.45, 2.75) is 32.6 Å². The molecule has 0 unspecified atom stereocenters. The zero-order valence-corrected chi connectivity index (χ0v) is 14.8. The van der Waals surface area contributed by atoms with Crippen molar-refractivity contribution in [3.05, 3.63) is 59.7 Å². The van der Waals surface area contributed by atoms with Crippen LogP contribution in [0.25, 0.3) is 0 Å². The SMILES string of the molecule is Cc1ccc2c(c1)CCCN2C(=O)C1=NN(c2ccccc2)C(=O)CC1. The molecule has 0 aliphatic carbocycles. The Balaban J connectivity index is 1.66. The highest BCUT2D eigenvalue weighted by atomic mass is 16.2. The van der Waals surface area contributed by atoms with Crippen LogP contribution in [0.5, 0.6) is 0 Å². The molecule has 0 atom stereocenters. The largest absolute Gasteiger partial charge is 0.307 e. The van der Waals surface area contributed by atoms with E-state index < -0.39 is 0 Å². The Bertz CT molecular complexity index is 889. The number of hydrazone groups is 1. The third-order valence-corrected chi connectivity index (χ3v) is 4.88. The molecule has 2 aliphatic rings. The Kier molecular flexibility index (Phi) is 4.29. The minimum Gasteiger partial charge on any atom is -0.307 e. The summed E-state index contributed by atoms with van der Waals surface area (Å²) in [6.45, 7) is 2.75. The van der Waals surface area contributed by atoms with Gasteiger partial charge in [-0.2, -0.15) is 5.10 Å². The van der Waals surface area contributed by atoms with E-state index in [1.165, 1.54) is 16.1 Å². The number of nitrogens with zero attached hydrogens (tertiary/aromatic N) is 3. The van der Waals surface area contributed by atoms with E-state index in [4.69, 9.17) is 0 Å². The first-order chi connectivity index (χ1) is 12.6. The lowest BCUT2D eigenvalue weighted by atomic mass is 9.98. The van der Waals surface area contributed by atoms with Crippen LogP contribution in [0.2, 0.25) is 0 Å². The fraction of sp³-hybridized carbons (Fsp3) is 0.286. The number of carbonyl (C=O) groups excluding carboxylic acids is 2. The van der Waals surface area contributed by atoms with Crippen molar-refractivity contribution in [3.8, 4) is 0 Å². The number of anilines is 2. The van der Waals surface area contributed by atoms with Crippen LogP contribution in [0.3, 0.4) is 0 Å². The molecule has 0 saturated carbocycles. The van der Waals surface area contributed by atoms with Crippen LogP contribution in [-0.2, 0) is 16.0 Å². The summed E-state index contributed by atoms with van der Waals surface area (Å²) in [6.07, 6.45) is 2.62. The van der Waals surface area contributed by atoms with Crippen LogP contribution < -0.4 is 9.91 Å². The second-order valence-corrected chi connectivity index (χ2v) is 6.78. The van der Waals surface area contributed by atoms with Gasteiger partial charge in [0, 0.05) is 25.1 Å². The van der Waals surface area contributed by atoms with E-state index in [0.717, 1.165) is 18.5 Å². The maximum absolute atomic E-state index is 13.1. The van der Waals surface area contributed by atoms with Crippen LogP contribution in [0.15, 0.2) is 53.6 Å². The molecule has 0 bridgehead atoms. The summed E-state index contributed by atoms with van der Waals surface area (Å²) in [6, 6.07) is 15.5. The van der Waals surface area contributed by atoms with Crippen molar-refractivity contribution in [2.24, 2.45) is 5.10 Å². The molecule has 0 aromatic heterocycles. The molecular weight excluding hydrogens is 326 g/mol.